The number of anilines is 1. The topological polar surface area (TPSA) is 83.5 Å². The van der Waals surface area contributed by atoms with E-state index in [1.807, 2.05) is 13.8 Å². The second-order valence-corrected chi connectivity index (χ2v) is 9.74. The average molecular weight is 381 g/mol. The van der Waals surface area contributed by atoms with E-state index in [1.165, 1.54) is 0 Å². The predicted octanol–water partition coefficient (Wildman–Crippen LogP) is 1.67. The highest BCUT2D eigenvalue weighted by Crippen LogP contribution is 2.23. The zero-order chi connectivity index (χ0) is 18.9. The highest BCUT2D eigenvalue weighted by atomic mass is 32.2. The third-order valence-corrected chi connectivity index (χ3v) is 7.13. The number of carbonyl (C=O) groups is 1. The molecule has 0 radical (unpaired) electrons. The Morgan fingerprint density at radius 3 is 2.54 bits per heavy atom. The van der Waals surface area contributed by atoms with Gasteiger partial charge in [-0.3, -0.25) is 4.79 Å². The lowest BCUT2D eigenvalue weighted by Gasteiger charge is -2.31. The summed E-state index contributed by atoms with van der Waals surface area (Å²) in [7, 11) is -3.04. The molecule has 2 aliphatic heterocycles. The van der Waals surface area contributed by atoms with Crippen molar-refractivity contribution in [3.63, 3.8) is 0 Å². The van der Waals surface area contributed by atoms with Crippen molar-refractivity contribution >= 4 is 21.7 Å². The van der Waals surface area contributed by atoms with Crippen LogP contribution in [0.25, 0.3) is 0 Å². The van der Waals surface area contributed by atoms with E-state index in [9.17, 15) is 13.2 Å². The maximum Gasteiger partial charge on any atom is 0.272 e. The van der Waals surface area contributed by atoms with E-state index < -0.39 is 9.84 Å². The third kappa shape index (κ3) is 4.16. The summed E-state index contributed by atoms with van der Waals surface area (Å²) in [5.74, 6) is 1.31. The molecule has 8 heteroatoms. The van der Waals surface area contributed by atoms with Gasteiger partial charge < -0.3 is 9.80 Å². The molecule has 3 heterocycles. The number of piperidine rings is 1. The molecule has 26 heavy (non-hydrogen) atoms. The van der Waals surface area contributed by atoms with Gasteiger partial charge in [0.1, 0.15) is 5.69 Å². The van der Waals surface area contributed by atoms with Crippen LogP contribution in [0.1, 0.15) is 49.3 Å². The first-order valence-corrected chi connectivity index (χ1v) is 11.2. The number of hydrogen-bond donors (Lipinski definition) is 0. The van der Waals surface area contributed by atoms with Crippen molar-refractivity contribution in [1.29, 1.82) is 0 Å². The van der Waals surface area contributed by atoms with Gasteiger partial charge in [0.2, 0.25) is 5.95 Å². The van der Waals surface area contributed by atoms with E-state index in [1.54, 1.807) is 11.0 Å². The van der Waals surface area contributed by atoms with E-state index in [2.05, 4.69) is 21.8 Å². The van der Waals surface area contributed by atoms with E-state index in [-0.39, 0.29) is 23.5 Å². The summed E-state index contributed by atoms with van der Waals surface area (Å²) in [4.78, 5) is 25.9. The molecule has 1 amide bonds. The molecule has 1 aromatic heterocycles. The molecule has 144 valence electrons. The Labute approximate surface area is 155 Å². The Morgan fingerprint density at radius 2 is 1.96 bits per heavy atom. The number of amides is 1. The fourth-order valence-corrected chi connectivity index (χ4v) is 5.48. The van der Waals surface area contributed by atoms with Gasteiger partial charge in [-0.25, -0.2) is 18.4 Å². The average Bonchev–Trinajstić information content (AvgIpc) is 2.95. The predicted molar refractivity (Wildman–Crippen MR) is 101 cm³/mol. The van der Waals surface area contributed by atoms with Crippen molar-refractivity contribution in [1.82, 2.24) is 14.9 Å². The minimum Gasteiger partial charge on any atom is -0.341 e. The van der Waals surface area contributed by atoms with Crippen LogP contribution in [0.3, 0.4) is 0 Å². The van der Waals surface area contributed by atoms with Gasteiger partial charge in [-0.1, -0.05) is 6.92 Å². The van der Waals surface area contributed by atoms with E-state index >= 15 is 0 Å². The molecule has 1 unspecified atom stereocenters. The zero-order valence-electron chi connectivity index (χ0n) is 15.8. The quantitative estimate of drug-likeness (QED) is 0.790. The molecule has 1 aromatic rings. The van der Waals surface area contributed by atoms with Crippen LogP contribution in [-0.2, 0) is 9.84 Å². The van der Waals surface area contributed by atoms with Gasteiger partial charge in [0.05, 0.1) is 11.5 Å². The number of sulfone groups is 1. The molecule has 0 N–H and O–H groups in total. The van der Waals surface area contributed by atoms with Gasteiger partial charge in [0.15, 0.2) is 9.84 Å². The fourth-order valence-electron chi connectivity index (χ4n) is 3.75. The summed E-state index contributed by atoms with van der Waals surface area (Å²) >= 11 is 0. The van der Waals surface area contributed by atoms with Crippen molar-refractivity contribution in [3.05, 3.63) is 17.5 Å². The molecule has 1 atom stereocenters. The van der Waals surface area contributed by atoms with E-state index in [0.29, 0.717) is 30.5 Å². The van der Waals surface area contributed by atoms with Gasteiger partial charge in [-0.05, 0) is 45.1 Å². The molecule has 0 spiro atoms. The smallest absolute Gasteiger partial charge is 0.272 e. The molecule has 0 saturated carbocycles. The van der Waals surface area contributed by atoms with E-state index in [0.717, 1.165) is 31.6 Å². The Hall–Kier alpha value is -1.70. The van der Waals surface area contributed by atoms with Crippen LogP contribution in [-0.4, -0.2) is 66.4 Å². The number of nitrogens with zero attached hydrogens (tertiary/aromatic N) is 4. The lowest BCUT2D eigenvalue weighted by molar-refractivity contribution is 0.0702. The Kier molecular flexibility index (Phi) is 5.50. The molecular weight excluding hydrogens is 352 g/mol. The maximum atomic E-state index is 13.0. The molecule has 0 aliphatic carbocycles. The van der Waals surface area contributed by atoms with Crippen molar-refractivity contribution in [2.24, 2.45) is 5.92 Å². The fraction of sp³-hybridized carbons (Fsp3) is 0.722. The van der Waals surface area contributed by atoms with Crippen LogP contribution in [0, 0.1) is 12.8 Å². The highest BCUT2D eigenvalue weighted by Gasteiger charge is 2.35. The molecule has 2 fully saturated rings. The summed E-state index contributed by atoms with van der Waals surface area (Å²) in [6.07, 6.45) is 2.70. The Balaban J connectivity index is 1.82. The SMILES string of the molecule is CCN(C(=O)c1cc(C)nc(N2CCC(C)CC2)n1)C1CCS(=O)(=O)C1. The molecule has 2 aliphatic rings. The Morgan fingerprint density at radius 1 is 1.27 bits per heavy atom. The number of carbonyl (C=O) groups excluding carboxylic acids is 1. The first kappa shape index (κ1) is 19.1. The lowest BCUT2D eigenvalue weighted by Crippen LogP contribution is -2.41. The number of hydrogen-bond acceptors (Lipinski definition) is 6. The van der Waals surface area contributed by atoms with Crippen LogP contribution in [0.5, 0.6) is 0 Å². The second-order valence-electron chi connectivity index (χ2n) is 7.51. The monoisotopic (exact) mass is 380 g/mol. The normalized spacial score (nSPS) is 23.2. The minimum atomic E-state index is -3.04. The number of aryl methyl sites for hydroxylation is 1. The summed E-state index contributed by atoms with van der Waals surface area (Å²) in [5.41, 5.74) is 1.12. The largest absolute Gasteiger partial charge is 0.341 e. The van der Waals surface area contributed by atoms with Gasteiger partial charge in [0.25, 0.3) is 5.91 Å². The molecule has 0 aromatic carbocycles. The summed E-state index contributed by atoms with van der Waals surface area (Å²) in [6, 6.07) is 1.44. The van der Waals surface area contributed by atoms with Crippen LogP contribution in [0.2, 0.25) is 0 Å². The maximum absolute atomic E-state index is 13.0. The standard InChI is InChI=1S/C18H28N4O3S/c1-4-22(15-7-10-26(24,25)12-15)17(23)16-11-14(3)19-18(20-16)21-8-5-13(2)6-9-21/h11,13,15H,4-10,12H2,1-3H3. The summed E-state index contributed by atoms with van der Waals surface area (Å²) in [5, 5.41) is 0. The van der Waals surface area contributed by atoms with Crippen LogP contribution >= 0.6 is 0 Å². The van der Waals surface area contributed by atoms with Crippen LogP contribution in [0.4, 0.5) is 5.95 Å². The molecule has 3 rings (SSSR count). The summed E-state index contributed by atoms with van der Waals surface area (Å²) in [6.45, 7) is 8.26. The van der Waals surface area contributed by atoms with Crippen LogP contribution in [0.15, 0.2) is 6.07 Å². The van der Waals surface area contributed by atoms with Crippen molar-refractivity contribution in [2.45, 2.75) is 46.1 Å². The highest BCUT2D eigenvalue weighted by molar-refractivity contribution is 7.91. The van der Waals surface area contributed by atoms with Crippen molar-refractivity contribution < 1.29 is 13.2 Å². The minimum absolute atomic E-state index is 0.0491. The number of rotatable bonds is 4. The lowest BCUT2D eigenvalue weighted by atomic mass is 10.00. The zero-order valence-corrected chi connectivity index (χ0v) is 16.6. The summed E-state index contributed by atoms with van der Waals surface area (Å²) < 4.78 is 23.6. The second kappa shape index (κ2) is 7.50. The van der Waals surface area contributed by atoms with Gasteiger partial charge >= 0.3 is 0 Å². The van der Waals surface area contributed by atoms with Crippen molar-refractivity contribution in [3.8, 4) is 0 Å². The van der Waals surface area contributed by atoms with E-state index in [4.69, 9.17) is 0 Å². The third-order valence-electron chi connectivity index (χ3n) is 5.38. The molecule has 2 saturated heterocycles. The molecule has 0 bridgehead atoms. The first-order chi connectivity index (χ1) is 12.3. The van der Waals surface area contributed by atoms with Gasteiger partial charge in [-0.2, -0.15) is 0 Å². The van der Waals surface area contributed by atoms with Crippen molar-refractivity contribution in [2.75, 3.05) is 36.0 Å². The first-order valence-electron chi connectivity index (χ1n) is 9.41. The van der Waals surface area contributed by atoms with Gasteiger partial charge in [-0.15, -0.1) is 0 Å². The van der Waals surface area contributed by atoms with Gasteiger partial charge in [0, 0.05) is 31.4 Å². The van der Waals surface area contributed by atoms with Crippen LogP contribution < -0.4 is 4.90 Å². The number of aromatic nitrogens is 2. The Bertz CT molecular complexity index is 773. The molecule has 7 nitrogen and oxygen atoms in total. The molecular formula is C18H28N4O3S.